The average molecular weight is 578 g/mol. The Bertz CT molecular complexity index is 1300. The molecular weight excluding hydrogens is 538 g/mol. The first-order chi connectivity index (χ1) is 21.2. The maximum Gasteiger partial charge on any atom is 0.307 e. The van der Waals surface area contributed by atoms with Crippen LogP contribution in [0.15, 0.2) is 134 Å². The van der Waals surface area contributed by atoms with Crippen LogP contribution in [0, 0.1) is 0 Å². The largest absolute Gasteiger partial charge is 0.461 e. The Kier molecular flexibility index (Phi) is 10.9. The molecule has 1 fully saturated rings. The van der Waals surface area contributed by atoms with E-state index in [1.807, 2.05) is 84.9 Å². The molecule has 1 saturated heterocycles. The molecule has 6 nitrogen and oxygen atoms in total. The maximum atomic E-state index is 12.6. The predicted molar refractivity (Wildman–Crippen MR) is 167 cm³/mol. The average Bonchev–Trinajstić information content (AvgIpc) is 3.07. The van der Waals surface area contributed by atoms with E-state index in [4.69, 9.17) is 18.9 Å². The molecule has 222 valence electrons. The van der Waals surface area contributed by atoms with Gasteiger partial charge in [0.1, 0.15) is 12.2 Å². The first-order valence-corrected chi connectivity index (χ1v) is 14.8. The topological polar surface area (TPSA) is 57.2 Å². The summed E-state index contributed by atoms with van der Waals surface area (Å²) in [6.07, 6.45) is 1.22. The molecule has 43 heavy (non-hydrogen) atoms. The Morgan fingerprint density at radius 1 is 0.814 bits per heavy atom. The van der Waals surface area contributed by atoms with Crippen molar-refractivity contribution < 1.29 is 23.7 Å². The van der Waals surface area contributed by atoms with Crippen molar-refractivity contribution in [3.63, 3.8) is 0 Å². The van der Waals surface area contributed by atoms with E-state index in [0.717, 1.165) is 22.3 Å². The van der Waals surface area contributed by atoms with E-state index >= 15 is 0 Å². The van der Waals surface area contributed by atoms with Crippen molar-refractivity contribution in [2.45, 2.75) is 31.0 Å². The Morgan fingerprint density at radius 2 is 1.35 bits per heavy atom. The summed E-state index contributed by atoms with van der Waals surface area (Å²) in [6, 6.07) is 40.6. The molecule has 4 aromatic rings. The summed E-state index contributed by atoms with van der Waals surface area (Å²) in [5.74, 6) is -0.233. The molecule has 0 N–H and O–H groups in total. The molecule has 0 amide bonds. The van der Waals surface area contributed by atoms with Gasteiger partial charge < -0.3 is 18.9 Å². The third-order valence-electron chi connectivity index (χ3n) is 7.51. The molecule has 0 bridgehead atoms. The van der Waals surface area contributed by atoms with Gasteiger partial charge >= 0.3 is 5.97 Å². The van der Waals surface area contributed by atoms with E-state index in [9.17, 15) is 4.79 Å². The minimum Gasteiger partial charge on any atom is -0.461 e. The van der Waals surface area contributed by atoms with Crippen LogP contribution in [0.2, 0.25) is 0 Å². The maximum absolute atomic E-state index is 12.6. The highest BCUT2D eigenvalue weighted by Gasteiger charge is 2.39. The van der Waals surface area contributed by atoms with Gasteiger partial charge in [0, 0.05) is 19.6 Å². The van der Waals surface area contributed by atoms with Gasteiger partial charge in [0.25, 0.3) is 0 Å². The molecule has 1 aliphatic heterocycles. The number of hydrogen-bond acceptors (Lipinski definition) is 6. The van der Waals surface area contributed by atoms with Crippen LogP contribution < -0.4 is 0 Å². The first kappa shape index (κ1) is 30.4. The van der Waals surface area contributed by atoms with E-state index in [2.05, 4.69) is 47.9 Å². The van der Waals surface area contributed by atoms with Gasteiger partial charge in [0.05, 0.1) is 25.7 Å². The number of hydrogen-bond donors (Lipinski definition) is 0. The Labute approximate surface area is 254 Å². The molecule has 0 aromatic heterocycles. The molecule has 6 heteroatoms. The van der Waals surface area contributed by atoms with Crippen LogP contribution in [-0.4, -0.2) is 56.1 Å². The fourth-order valence-corrected chi connectivity index (χ4v) is 5.46. The Balaban J connectivity index is 1.32. The van der Waals surface area contributed by atoms with Crippen molar-refractivity contribution in [2.24, 2.45) is 0 Å². The van der Waals surface area contributed by atoms with E-state index in [0.29, 0.717) is 32.8 Å². The van der Waals surface area contributed by atoms with Gasteiger partial charge in [-0.05, 0) is 22.3 Å². The number of carbonyl (C=O) groups excluding carboxylic acids is 1. The first-order valence-electron chi connectivity index (χ1n) is 14.8. The SMILES string of the molecule is C=CCO[C@@H]1CN(CCC(=O)OCc2ccccc2)C[C@@H](COC(c2ccccc2)(c2ccccc2)c2ccccc2)O1. The second kappa shape index (κ2) is 15.4. The van der Waals surface area contributed by atoms with Gasteiger partial charge in [-0.25, -0.2) is 0 Å². The molecule has 0 saturated carbocycles. The Morgan fingerprint density at radius 3 is 1.88 bits per heavy atom. The van der Waals surface area contributed by atoms with Crippen molar-refractivity contribution in [3.05, 3.63) is 156 Å². The van der Waals surface area contributed by atoms with E-state index in [1.165, 1.54) is 0 Å². The van der Waals surface area contributed by atoms with Crippen molar-refractivity contribution in [3.8, 4) is 0 Å². The van der Waals surface area contributed by atoms with Gasteiger partial charge in [-0.3, -0.25) is 9.69 Å². The number of esters is 1. The van der Waals surface area contributed by atoms with Gasteiger partial charge in [-0.15, -0.1) is 6.58 Å². The van der Waals surface area contributed by atoms with Crippen LogP contribution in [0.3, 0.4) is 0 Å². The monoisotopic (exact) mass is 577 g/mol. The van der Waals surface area contributed by atoms with Crippen LogP contribution in [-0.2, 0) is 35.9 Å². The number of carbonyl (C=O) groups is 1. The van der Waals surface area contributed by atoms with E-state index in [-0.39, 0.29) is 25.1 Å². The zero-order valence-corrected chi connectivity index (χ0v) is 24.4. The van der Waals surface area contributed by atoms with Crippen LogP contribution >= 0.6 is 0 Å². The van der Waals surface area contributed by atoms with Crippen LogP contribution in [0.5, 0.6) is 0 Å². The molecule has 0 radical (unpaired) electrons. The molecule has 0 spiro atoms. The zero-order valence-electron chi connectivity index (χ0n) is 24.4. The normalized spacial score (nSPS) is 17.3. The zero-order chi connectivity index (χ0) is 29.7. The summed E-state index contributed by atoms with van der Waals surface area (Å²) < 4.78 is 24.9. The molecule has 0 unspecified atom stereocenters. The lowest BCUT2D eigenvalue weighted by Gasteiger charge is -2.41. The van der Waals surface area contributed by atoms with Crippen molar-refractivity contribution in [1.82, 2.24) is 4.90 Å². The lowest BCUT2D eigenvalue weighted by Crippen LogP contribution is -2.51. The fourth-order valence-electron chi connectivity index (χ4n) is 5.46. The number of morpholine rings is 1. The van der Waals surface area contributed by atoms with Crippen LogP contribution in [0.1, 0.15) is 28.7 Å². The fraction of sp³-hybridized carbons (Fsp3) is 0.270. The summed E-state index contributed by atoms with van der Waals surface area (Å²) in [5.41, 5.74) is 3.20. The van der Waals surface area contributed by atoms with Gasteiger partial charge in [0.15, 0.2) is 6.29 Å². The van der Waals surface area contributed by atoms with Crippen LogP contribution in [0.25, 0.3) is 0 Å². The standard InChI is InChI=1S/C37H39NO5/c1-2-25-40-36-27-38(24-23-35(39)41-28-30-15-7-3-8-16-30)26-34(43-36)29-42-37(31-17-9-4-10-18-31,32-19-11-5-12-20-32)33-21-13-6-14-22-33/h2-22,34,36H,1,23-29H2/t34-,36-/m0/s1. The van der Waals surface area contributed by atoms with Crippen molar-refractivity contribution >= 4 is 5.97 Å². The number of rotatable bonds is 14. The number of ether oxygens (including phenoxy) is 4. The van der Waals surface area contributed by atoms with Crippen molar-refractivity contribution in [1.29, 1.82) is 0 Å². The molecule has 0 aliphatic carbocycles. The molecule has 1 heterocycles. The summed E-state index contributed by atoms with van der Waals surface area (Å²) in [6.45, 7) is 6.38. The third kappa shape index (κ3) is 8.06. The minimum atomic E-state index is -0.853. The lowest BCUT2D eigenvalue weighted by molar-refractivity contribution is -0.221. The number of nitrogens with zero attached hydrogens (tertiary/aromatic N) is 1. The van der Waals surface area contributed by atoms with Crippen LogP contribution in [0.4, 0.5) is 0 Å². The highest BCUT2D eigenvalue weighted by Crippen LogP contribution is 2.40. The van der Waals surface area contributed by atoms with Gasteiger partial charge in [-0.2, -0.15) is 0 Å². The Hall–Kier alpha value is -4.07. The molecule has 1 aliphatic rings. The smallest absolute Gasteiger partial charge is 0.307 e. The highest BCUT2D eigenvalue weighted by molar-refractivity contribution is 5.69. The molecular formula is C37H39NO5. The summed E-state index contributed by atoms with van der Waals surface area (Å²) in [4.78, 5) is 14.8. The van der Waals surface area contributed by atoms with Crippen molar-refractivity contribution in [2.75, 3.05) is 32.8 Å². The van der Waals surface area contributed by atoms with E-state index < -0.39 is 11.9 Å². The molecule has 5 rings (SSSR count). The summed E-state index contributed by atoms with van der Waals surface area (Å²) >= 11 is 0. The summed E-state index contributed by atoms with van der Waals surface area (Å²) in [7, 11) is 0. The molecule has 4 aromatic carbocycles. The molecule has 2 atom stereocenters. The van der Waals surface area contributed by atoms with Gasteiger partial charge in [-0.1, -0.05) is 127 Å². The van der Waals surface area contributed by atoms with E-state index in [1.54, 1.807) is 6.08 Å². The third-order valence-corrected chi connectivity index (χ3v) is 7.51. The minimum absolute atomic E-state index is 0.233. The quantitative estimate of drug-likeness (QED) is 0.0988. The highest BCUT2D eigenvalue weighted by atomic mass is 16.7. The predicted octanol–water partition coefficient (Wildman–Crippen LogP) is 6.36. The number of benzene rings is 4. The van der Waals surface area contributed by atoms with Gasteiger partial charge in [0.2, 0.25) is 0 Å². The second-order valence-corrected chi connectivity index (χ2v) is 10.6. The summed E-state index contributed by atoms with van der Waals surface area (Å²) in [5, 5.41) is 0. The lowest BCUT2D eigenvalue weighted by atomic mass is 9.80. The second-order valence-electron chi connectivity index (χ2n) is 10.6.